The van der Waals surface area contributed by atoms with E-state index >= 15 is 0 Å². The SMILES string of the molecule is CO/N=C(/c1ccc(OC2CCN(B(C)O)CC2)cc1)c1ccc(F)cn1. The van der Waals surface area contributed by atoms with Crippen LogP contribution in [0.1, 0.15) is 24.1 Å². The highest BCUT2D eigenvalue weighted by molar-refractivity contribution is 6.45. The molecule has 6 nitrogen and oxygen atoms in total. The first-order valence-electron chi connectivity index (χ1n) is 8.99. The van der Waals surface area contributed by atoms with Crippen molar-refractivity contribution < 1.29 is 19.0 Å². The lowest BCUT2D eigenvalue weighted by atomic mass is 9.82. The van der Waals surface area contributed by atoms with Crippen LogP contribution in [0.5, 0.6) is 5.75 Å². The monoisotopic (exact) mass is 371 g/mol. The van der Waals surface area contributed by atoms with Crippen molar-refractivity contribution in [1.82, 2.24) is 9.79 Å². The lowest BCUT2D eigenvalue weighted by Gasteiger charge is -2.32. The smallest absolute Gasteiger partial charge is 0.376 e. The Hall–Kier alpha value is -2.45. The first-order chi connectivity index (χ1) is 13.1. The zero-order chi connectivity index (χ0) is 19.2. The zero-order valence-corrected chi connectivity index (χ0v) is 15.5. The van der Waals surface area contributed by atoms with E-state index in [0.29, 0.717) is 11.4 Å². The van der Waals surface area contributed by atoms with Gasteiger partial charge in [0.25, 0.3) is 0 Å². The average molecular weight is 371 g/mol. The van der Waals surface area contributed by atoms with Crippen molar-refractivity contribution >= 4 is 12.8 Å². The van der Waals surface area contributed by atoms with E-state index in [4.69, 9.17) is 9.57 Å². The van der Waals surface area contributed by atoms with E-state index < -0.39 is 12.9 Å². The van der Waals surface area contributed by atoms with Gasteiger partial charge < -0.3 is 19.4 Å². The minimum atomic E-state index is -0.413. The quantitative estimate of drug-likeness (QED) is 0.480. The van der Waals surface area contributed by atoms with Gasteiger partial charge in [-0.05, 0) is 69.2 Å². The van der Waals surface area contributed by atoms with Gasteiger partial charge in [0.2, 0.25) is 0 Å². The summed E-state index contributed by atoms with van der Waals surface area (Å²) in [4.78, 5) is 11.0. The number of hydrogen-bond donors (Lipinski definition) is 1. The molecule has 27 heavy (non-hydrogen) atoms. The summed E-state index contributed by atoms with van der Waals surface area (Å²) in [5, 5.41) is 13.7. The van der Waals surface area contributed by atoms with Crippen molar-refractivity contribution in [2.75, 3.05) is 20.2 Å². The van der Waals surface area contributed by atoms with Gasteiger partial charge in [-0.2, -0.15) is 0 Å². The third-order valence-electron chi connectivity index (χ3n) is 4.59. The summed E-state index contributed by atoms with van der Waals surface area (Å²) in [5.41, 5.74) is 1.85. The van der Waals surface area contributed by atoms with Gasteiger partial charge in [-0.15, -0.1) is 0 Å². The maximum atomic E-state index is 13.1. The van der Waals surface area contributed by atoms with E-state index in [2.05, 4.69) is 10.1 Å². The number of benzene rings is 1. The minimum absolute atomic E-state index is 0.136. The molecule has 0 saturated carbocycles. The van der Waals surface area contributed by atoms with Gasteiger partial charge in [-0.1, -0.05) is 5.16 Å². The number of ether oxygens (including phenoxy) is 1. The molecule has 1 fully saturated rings. The number of pyridine rings is 1. The summed E-state index contributed by atoms with van der Waals surface area (Å²) < 4.78 is 19.2. The molecule has 2 heterocycles. The second-order valence-electron chi connectivity index (χ2n) is 6.49. The van der Waals surface area contributed by atoms with Crippen molar-refractivity contribution in [1.29, 1.82) is 0 Å². The lowest BCUT2D eigenvalue weighted by molar-refractivity contribution is 0.128. The second-order valence-corrected chi connectivity index (χ2v) is 6.49. The van der Waals surface area contributed by atoms with Gasteiger partial charge in [0.05, 0.1) is 11.9 Å². The number of oxime groups is 1. The first-order valence-corrected chi connectivity index (χ1v) is 8.99. The molecular formula is C19H23BFN3O3. The molecule has 8 heteroatoms. The van der Waals surface area contributed by atoms with E-state index in [0.717, 1.165) is 43.4 Å². The predicted molar refractivity (Wildman–Crippen MR) is 102 cm³/mol. The summed E-state index contributed by atoms with van der Waals surface area (Å²) in [5.74, 6) is 0.374. The van der Waals surface area contributed by atoms with Crippen LogP contribution < -0.4 is 4.74 Å². The van der Waals surface area contributed by atoms with Crippen LogP contribution in [-0.2, 0) is 4.84 Å². The van der Waals surface area contributed by atoms with Crippen molar-refractivity contribution in [3.63, 3.8) is 0 Å². The third-order valence-corrected chi connectivity index (χ3v) is 4.59. The fourth-order valence-electron chi connectivity index (χ4n) is 3.11. The maximum absolute atomic E-state index is 13.1. The Morgan fingerprint density at radius 3 is 2.48 bits per heavy atom. The Bertz CT molecular complexity index is 761. The highest BCUT2D eigenvalue weighted by atomic mass is 19.1. The third kappa shape index (κ3) is 5.05. The molecule has 1 saturated heterocycles. The molecule has 0 unspecified atom stereocenters. The van der Waals surface area contributed by atoms with Crippen LogP contribution in [-0.4, -0.2) is 53.9 Å². The van der Waals surface area contributed by atoms with Crippen LogP contribution in [0.2, 0.25) is 6.82 Å². The van der Waals surface area contributed by atoms with E-state index in [1.807, 2.05) is 29.1 Å². The van der Waals surface area contributed by atoms with Gasteiger partial charge in [0.15, 0.2) is 0 Å². The van der Waals surface area contributed by atoms with Crippen LogP contribution in [0.15, 0.2) is 47.8 Å². The molecule has 1 N–H and O–H groups in total. The molecule has 0 amide bonds. The molecule has 0 aliphatic carbocycles. The molecule has 1 aliphatic heterocycles. The largest absolute Gasteiger partial charge is 0.490 e. The molecular weight excluding hydrogens is 348 g/mol. The van der Waals surface area contributed by atoms with Crippen molar-refractivity contribution in [3.8, 4) is 5.75 Å². The number of rotatable bonds is 6. The van der Waals surface area contributed by atoms with Crippen LogP contribution in [0.25, 0.3) is 0 Å². The summed E-state index contributed by atoms with van der Waals surface area (Å²) in [6.07, 6.45) is 3.04. The van der Waals surface area contributed by atoms with Crippen molar-refractivity contribution in [2.45, 2.75) is 25.8 Å². The number of aromatic nitrogens is 1. The molecule has 0 radical (unpaired) electrons. The summed E-state index contributed by atoms with van der Waals surface area (Å²) in [6.45, 7) is 3.43. The lowest BCUT2D eigenvalue weighted by Crippen LogP contribution is -2.45. The topological polar surface area (TPSA) is 67.2 Å². The standard InChI is InChI=1S/C19H23BFN3O3/c1-20(25)24-11-9-17(10-12-24)27-16-6-3-14(4-7-16)19(23-26-2)18-8-5-15(21)13-22-18/h3-8,13,17,25H,9-12H2,1-2H3/b23-19-. The highest BCUT2D eigenvalue weighted by Crippen LogP contribution is 2.21. The number of halogens is 1. The molecule has 1 aliphatic rings. The van der Waals surface area contributed by atoms with Gasteiger partial charge in [0, 0.05) is 5.56 Å². The Balaban J connectivity index is 1.67. The van der Waals surface area contributed by atoms with E-state index in [-0.39, 0.29) is 6.10 Å². The van der Waals surface area contributed by atoms with Gasteiger partial charge in [-0.25, -0.2) is 4.39 Å². The minimum Gasteiger partial charge on any atom is -0.490 e. The van der Waals surface area contributed by atoms with Gasteiger partial charge in [-0.3, -0.25) is 4.98 Å². The summed E-state index contributed by atoms with van der Waals surface area (Å²) in [6, 6.07) is 10.4. The van der Waals surface area contributed by atoms with Crippen LogP contribution >= 0.6 is 0 Å². The highest BCUT2D eigenvalue weighted by Gasteiger charge is 2.24. The molecule has 1 aromatic carbocycles. The van der Waals surface area contributed by atoms with Gasteiger partial charge >= 0.3 is 7.05 Å². The predicted octanol–water partition coefficient (Wildman–Crippen LogP) is 2.57. The number of piperidine rings is 1. The average Bonchev–Trinajstić information content (AvgIpc) is 2.68. The Morgan fingerprint density at radius 1 is 1.22 bits per heavy atom. The zero-order valence-electron chi connectivity index (χ0n) is 15.5. The van der Waals surface area contributed by atoms with Crippen molar-refractivity contribution in [2.24, 2.45) is 5.16 Å². The van der Waals surface area contributed by atoms with Crippen LogP contribution in [0.4, 0.5) is 4.39 Å². The molecule has 0 atom stereocenters. The van der Waals surface area contributed by atoms with E-state index in [1.165, 1.54) is 13.2 Å². The summed E-state index contributed by atoms with van der Waals surface area (Å²) in [7, 11) is 1.05. The molecule has 2 aromatic rings. The van der Waals surface area contributed by atoms with Crippen LogP contribution in [0, 0.1) is 5.82 Å². The Kier molecular flexibility index (Phi) is 6.42. The molecule has 0 bridgehead atoms. The fraction of sp³-hybridized carbons (Fsp3) is 0.368. The molecule has 1 aromatic heterocycles. The normalized spacial score (nSPS) is 16.2. The van der Waals surface area contributed by atoms with Crippen molar-refractivity contribution in [3.05, 3.63) is 59.7 Å². The molecule has 3 rings (SSSR count). The van der Waals surface area contributed by atoms with Crippen LogP contribution in [0.3, 0.4) is 0 Å². The fourth-order valence-corrected chi connectivity index (χ4v) is 3.11. The Morgan fingerprint density at radius 2 is 1.93 bits per heavy atom. The summed E-state index contributed by atoms with van der Waals surface area (Å²) >= 11 is 0. The molecule has 0 spiro atoms. The number of nitrogens with zero attached hydrogens (tertiary/aromatic N) is 3. The van der Waals surface area contributed by atoms with E-state index in [1.54, 1.807) is 12.9 Å². The second kappa shape index (κ2) is 8.97. The first kappa shape index (κ1) is 19.3. The van der Waals surface area contributed by atoms with E-state index in [9.17, 15) is 9.41 Å². The van der Waals surface area contributed by atoms with Gasteiger partial charge in [0.1, 0.15) is 30.5 Å². The number of hydrogen-bond acceptors (Lipinski definition) is 6. The Labute approximate surface area is 158 Å². The maximum Gasteiger partial charge on any atom is 0.376 e. The molecule has 142 valence electrons.